The Hall–Kier alpha value is -2.40. The minimum atomic E-state index is -0.482. The number of nitrogens with zero attached hydrogens (tertiary/aromatic N) is 1. The van der Waals surface area contributed by atoms with Crippen LogP contribution < -0.4 is 5.32 Å². The number of amides is 2. The van der Waals surface area contributed by atoms with Gasteiger partial charge in [0.2, 0.25) is 11.8 Å². The Kier molecular flexibility index (Phi) is 5.34. The zero-order chi connectivity index (χ0) is 17.8. The first kappa shape index (κ1) is 17.4. The number of fused-ring (bicyclic) bond motifs is 1. The lowest BCUT2D eigenvalue weighted by molar-refractivity contribution is -0.136. The molecule has 25 heavy (non-hydrogen) atoms. The van der Waals surface area contributed by atoms with Gasteiger partial charge >= 0.3 is 0 Å². The fourth-order valence-corrected chi connectivity index (χ4v) is 3.24. The van der Waals surface area contributed by atoms with E-state index in [1.54, 1.807) is 4.90 Å². The molecule has 0 saturated carbocycles. The summed E-state index contributed by atoms with van der Waals surface area (Å²) in [5.74, 6) is -0.0992. The van der Waals surface area contributed by atoms with Gasteiger partial charge in [0, 0.05) is 13.1 Å². The molecular formula is C20H24N2O3. The van der Waals surface area contributed by atoms with Crippen molar-refractivity contribution >= 4 is 22.6 Å². The van der Waals surface area contributed by atoms with Crippen molar-refractivity contribution in [1.82, 2.24) is 10.2 Å². The van der Waals surface area contributed by atoms with Gasteiger partial charge in [-0.1, -0.05) is 49.4 Å². The Labute approximate surface area is 147 Å². The summed E-state index contributed by atoms with van der Waals surface area (Å²) >= 11 is 0. The van der Waals surface area contributed by atoms with Crippen LogP contribution in [0.25, 0.3) is 10.8 Å². The van der Waals surface area contributed by atoms with Crippen LogP contribution in [-0.4, -0.2) is 47.6 Å². The maximum absolute atomic E-state index is 12.2. The number of carbonyl (C=O) groups is 2. The number of likely N-dealkylation sites (tertiary alicyclic amines) is 1. The first-order chi connectivity index (χ1) is 12.0. The summed E-state index contributed by atoms with van der Waals surface area (Å²) in [6, 6.07) is 13.8. The molecule has 2 aromatic rings. The highest BCUT2D eigenvalue weighted by molar-refractivity contribution is 5.91. The van der Waals surface area contributed by atoms with E-state index in [0.717, 1.165) is 22.8 Å². The number of aliphatic hydroxyl groups excluding tert-OH is 1. The van der Waals surface area contributed by atoms with Gasteiger partial charge in [-0.15, -0.1) is 0 Å². The van der Waals surface area contributed by atoms with Gasteiger partial charge in [-0.05, 0) is 28.7 Å². The maximum atomic E-state index is 12.2. The van der Waals surface area contributed by atoms with Crippen LogP contribution in [0.5, 0.6) is 0 Å². The molecule has 2 unspecified atom stereocenters. The lowest BCUT2D eigenvalue weighted by atomic mass is 9.96. The van der Waals surface area contributed by atoms with Crippen molar-refractivity contribution in [2.75, 3.05) is 19.6 Å². The molecule has 0 aromatic heterocycles. The molecule has 2 aromatic carbocycles. The molecule has 0 radical (unpaired) electrons. The number of piperidine rings is 1. The molecule has 1 fully saturated rings. The van der Waals surface area contributed by atoms with Crippen LogP contribution in [0.2, 0.25) is 0 Å². The van der Waals surface area contributed by atoms with Gasteiger partial charge in [0.15, 0.2) is 0 Å². The molecule has 0 spiro atoms. The van der Waals surface area contributed by atoms with E-state index in [0.29, 0.717) is 13.1 Å². The van der Waals surface area contributed by atoms with E-state index >= 15 is 0 Å². The van der Waals surface area contributed by atoms with E-state index in [-0.39, 0.29) is 30.7 Å². The molecule has 1 heterocycles. The molecule has 2 atom stereocenters. The Morgan fingerprint density at radius 2 is 1.96 bits per heavy atom. The third-order valence-electron chi connectivity index (χ3n) is 4.94. The number of β-amino-alcohol motifs (C(OH)–C–C–N with tert-alkyl or cyclic N) is 1. The summed E-state index contributed by atoms with van der Waals surface area (Å²) in [5.41, 5.74) is 0.949. The zero-order valence-electron chi connectivity index (χ0n) is 14.4. The highest BCUT2D eigenvalue weighted by Crippen LogP contribution is 2.19. The topological polar surface area (TPSA) is 69.6 Å². The lowest BCUT2D eigenvalue weighted by Crippen LogP contribution is -2.49. The summed E-state index contributed by atoms with van der Waals surface area (Å²) in [5, 5.41) is 14.7. The summed E-state index contributed by atoms with van der Waals surface area (Å²) in [7, 11) is 0. The quantitative estimate of drug-likeness (QED) is 0.890. The SMILES string of the molecule is CC1CCN(C(=O)CNC(=O)Cc2cccc3ccccc23)CC1O. The number of aliphatic hydroxyl groups is 1. The van der Waals surface area contributed by atoms with E-state index in [2.05, 4.69) is 5.32 Å². The number of rotatable bonds is 4. The molecule has 0 aliphatic carbocycles. The second-order valence-electron chi connectivity index (χ2n) is 6.76. The van der Waals surface area contributed by atoms with Gasteiger partial charge in [0.1, 0.15) is 0 Å². The molecule has 1 aliphatic heterocycles. The van der Waals surface area contributed by atoms with Crippen LogP contribution in [0, 0.1) is 5.92 Å². The van der Waals surface area contributed by atoms with E-state index in [9.17, 15) is 14.7 Å². The monoisotopic (exact) mass is 340 g/mol. The maximum Gasteiger partial charge on any atom is 0.242 e. The predicted molar refractivity (Wildman–Crippen MR) is 97.0 cm³/mol. The molecule has 132 valence electrons. The number of nitrogens with one attached hydrogen (secondary N) is 1. The Morgan fingerprint density at radius 1 is 1.20 bits per heavy atom. The summed E-state index contributed by atoms with van der Waals surface area (Å²) in [6.07, 6.45) is 0.551. The summed E-state index contributed by atoms with van der Waals surface area (Å²) in [4.78, 5) is 26.1. The Bertz CT molecular complexity index is 769. The highest BCUT2D eigenvalue weighted by atomic mass is 16.3. The number of benzene rings is 2. The van der Waals surface area contributed by atoms with Crippen LogP contribution in [0.1, 0.15) is 18.9 Å². The zero-order valence-corrected chi connectivity index (χ0v) is 14.4. The number of hydrogen-bond acceptors (Lipinski definition) is 3. The number of carbonyl (C=O) groups excluding carboxylic acids is 2. The fourth-order valence-electron chi connectivity index (χ4n) is 3.24. The van der Waals surface area contributed by atoms with Gasteiger partial charge in [-0.25, -0.2) is 0 Å². The molecular weight excluding hydrogens is 316 g/mol. The third-order valence-corrected chi connectivity index (χ3v) is 4.94. The fraction of sp³-hybridized carbons (Fsp3) is 0.400. The normalized spacial score (nSPS) is 20.5. The molecule has 1 aliphatic rings. The van der Waals surface area contributed by atoms with Crippen LogP contribution in [0.3, 0.4) is 0 Å². The van der Waals surface area contributed by atoms with E-state index in [1.807, 2.05) is 49.4 Å². The third kappa shape index (κ3) is 4.17. The average Bonchev–Trinajstić information content (AvgIpc) is 2.62. The van der Waals surface area contributed by atoms with Gasteiger partial charge < -0.3 is 15.3 Å². The first-order valence-corrected chi connectivity index (χ1v) is 8.74. The van der Waals surface area contributed by atoms with Gasteiger partial charge in [0.25, 0.3) is 0 Å². The van der Waals surface area contributed by atoms with Crippen LogP contribution >= 0.6 is 0 Å². The largest absolute Gasteiger partial charge is 0.391 e. The van der Waals surface area contributed by atoms with Crippen molar-refractivity contribution in [3.05, 3.63) is 48.0 Å². The van der Waals surface area contributed by atoms with Gasteiger partial charge in [-0.2, -0.15) is 0 Å². The standard InChI is InChI=1S/C20H24N2O3/c1-14-9-10-22(13-18(14)23)20(25)12-21-19(24)11-16-7-4-6-15-5-2-3-8-17(15)16/h2-8,14,18,23H,9-13H2,1H3,(H,21,24). The molecule has 2 amide bonds. The van der Waals surface area contributed by atoms with Crippen LogP contribution in [0.4, 0.5) is 0 Å². The van der Waals surface area contributed by atoms with E-state index < -0.39 is 6.10 Å². The smallest absolute Gasteiger partial charge is 0.242 e. The van der Waals surface area contributed by atoms with Crippen molar-refractivity contribution < 1.29 is 14.7 Å². The van der Waals surface area contributed by atoms with Gasteiger partial charge in [0.05, 0.1) is 19.1 Å². The summed E-state index contributed by atoms with van der Waals surface area (Å²) in [6.45, 7) is 2.94. The first-order valence-electron chi connectivity index (χ1n) is 8.74. The highest BCUT2D eigenvalue weighted by Gasteiger charge is 2.27. The van der Waals surface area contributed by atoms with Crippen molar-refractivity contribution in [3.8, 4) is 0 Å². The second-order valence-corrected chi connectivity index (χ2v) is 6.76. The van der Waals surface area contributed by atoms with Crippen LogP contribution in [0.15, 0.2) is 42.5 Å². The van der Waals surface area contributed by atoms with Crippen molar-refractivity contribution in [3.63, 3.8) is 0 Å². The van der Waals surface area contributed by atoms with E-state index in [1.165, 1.54) is 0 Å². The molecule has 3 rings (SSSR count). The molecule has 0 bridgehead atoms. The Morgan fingerprint density at radius 3 is 2.76 bits per heavy atom. The molecule has 1 saturated heterocycles. The predicted octanol–water partition coefficient (Wildman–Crippen LogP) is 1.73. The van der Waals surface area contributed by atoms with Crippen molar-refractivity contribution in [1.29, 1.82) is 0 Å². The lowest BCUT2D eigenvalue weighted by Gasteiger charge is -2.34. The van der Waals surface area contributed by atoms with Crippen LogP contribution in [-0.2, 0) is 16.0 Å². The van der Waals surface area contributed by atoms with Gasteiger partial charge in [-0.3, -0.25) is 9.59 Å². The van der Waals surface area contributed by atoms with Crippen molar-refractivity contribution in [2.24, 2.45) is 5.92 Å². The number of hydrogen-bond donors (Lipinski definition) is 2. The Balaban J connectivity index is 1.55. The molecule has 5 nitrogen and oxygen atoms in total. The minimum absolute atomic E-state index is 0.0231. The second kappa shape index (κ2) is 7.66. The minimum Gasteiger partial charge on any atom is -0.391 e. The molecule has 2 N–H and O–H groups in total. The molecule has 5 heteroatoms. The summed E-state index contributed by atoms with van der Waals surface area (Å²) < 4.78 is 0. The van der Waals surface area contributed by atoms with Crippen molar-refractivity contribution in [2.45, 2.75) is 25.9 Å². The average molecular weight is 340 g/mol. The van der Waals surface area contributed by atoms with E-state index in [4.69, 9.17) is 0 Å².